The maximum atomic E-state index is 3.50. The van der Waals surface area contributed by atoms with Gasteiger partial charge in [-0.2, -0.15) is 34.3 Å². The molecule has 0 amide bonds. The molecule has 24 heavy (non-hydrogen) atoms. The number of fused-ring (bicyclic) bond motifs is 1. The van der Waals surface area contributed by atoms with Crippen LogP contribution in [0.3, 0.4) is 0 Å². The minimum absolute atomic E-state index is 0. The Labute approximate surface area is 166 Å². The summed E-state index contributed by atoms with van der Waals surface area (Å²) < 4.78 is 0. The second-order valence-corrected chi connectivity index (χ2v) is 5.29. The third-order valence-corrected chi connectivity index (χ3v) is 3.30. The van der Waals surface area contributed by atoms with Crippen LogP contribution >= 0.6 is 0 Å². The van der Waals surface area contributed by atoms with E-state index in [0.29, 0.717) is 0 Å². The summed E-state index contributed by atoms with van der Waals surface area (Å²) in [7, 11) is 7.00. The molecule has 0 spiro atoms. The molecule has 0 bridgehead atoms. The van der Waals surface area contributed by atoms with Crippen LogP contribution in [0.25, 0.3) is 32.5 Å². The van der Waals surface area contributed by atoms with Crippen molar-refractivity contribution >= 4 is 10.8 Å². The van der Waals surface area contributed by atoms with E-state index in [1.807, 2.05) is 0 Å². The molecule has 0 atom stereocenters. The Hall–Kier alpha value is -1.15. The summed E-state index contributed by atoms with van der Waals surface area (Å²) in [6.45, 7) is 2.20. The van der Waals surface area contributed by atoms with E-state index in [9.17, 15) is 0 Å². The van der Waals surface area contributed by atoms with Crippen LogP contribution in [0.15, 0.2) is 60.7 Å². The summed E-state index contributed by atoms with van der Waals surface area (Å²) in [5, 5.41) is 9.72. The summed E-state index contributed by atoms with van der Waals surface area (Å²) >= 11 is 0. The molecule has 2 nitrogen and oxygen atoms in total. The fourth-order valence-electron chi connectivity index (χ4n) is 2.37. The van der Waals surface area contributed by atoms with Crippen LogP contribution in [0.2, 0.25) is 0 Å². The van der Waals surface area contributed by atoms with Crippen LogP contribution in [0.5, 0.6) is 0 Å². The second-order valence-electron chi connectivity index (χ2n) is 5.29. The molecule has 0 saturated carbocycles. The Morgan fingerprint density at radius 3 is 1.96 bits per heavy atom. The average molecular weight is 399 g/mol. The first kappa shape index (κ1) is 22.9. The molecule has 125 valence electrons. The molecule has 3 aromatic rings. The summed E-state index contributed by atoms with van der Waals surface area (Å²) in [6, 6.07) is 21.8. The SMILES string of the molecule is CCc1cc2c(-c3ccccc3)cccc2[cH-]1.C[N-]C.C[N-]C.[Zr+3]. The number of nitrogens with zero attached hydrogens (tertiary/aromatic N) is 2. The predicted octanol–water partition coefficient (Wildman–Crippen LogP) is 6.03. The van der Waals surface area contributed by atoms with Gasteiger partial charge in [0.15, 0.2) is 0 Å². The standard InChI is InChI=1S/C17H15.2C2H6N.Zr/c1-2-13-11-15-9-6-10-16(17(15)12-13)14-7-4-3-5-8-14;2*1-3-2;/h3-12H,2H2,1H3;2*1-2H3;/q3*-1;+3. The molecule has 0 aliphatic carbocycles. The number of aryl methyl sites for hydroxylation is 1. The summed E-state index contributed by atoms with van der Waals surface area (Å²) in [5.74, 6) is 0. The molecule has 3 aromatic carbocycles. The molecule has 3 heteroatoms. The van der Waals surface area contributed by atoms with Gasteiger partial charge in [-0.3, -0.25) is 0 Å². The van der Waals surface area contributed by atoms with Gasteiger partial charge in [0.1, 0.15) is 0 Å². The van der Waals surface area contributed by atoms with E-state index >= 15 is 0 Å². The van der Waals surface area contributed by atoms with Gasteiger partial charge >= 0.3 is 26.2 Å². The zero-order chi connectivity index (χ0) is 17.1. The number of rotatable bonds is 2. The van der Waals surface area contributed by atoms with Crippen molar-refractivity contribution in [1.82, 2.24) is 0 Å². The van der Waals surface area contributed by atoms with Crippen molar-refractivity contribution in [1.29, 1.82) is 0 Å². The van der Waals surface area contributed by atoms with Gasteiger partial charge in [-0.05, 0) is 12.0 Å². The minimum Gasteiger partial charge on any atom is -0.668 e. The molecular weight excluding hydrogens is 371 g/mol. The Morgan fingerprint density at radius 2 is 1.42 bits per heavy atom. The third-order valence-electron chi connectivity index (χ3n) is 3.30. The van der Waals surface area contributed by atoms with Gasteiger partial charge in [-0.15, -0.1) is 34.5 Å². The zero-order valence-corrected chi connectivity index (χ0v) is 17.8. The Kier molecular flexibility index (Phi) is 12.5. The van der Waals surface area contributed by atoms with E-state index in [0.717, 1.165) is 6.42 Å². The van der Waals surface area contributed by atoms with E-state index in [1.165, 1.54) is 27.5 Å². The van der Waals surface area contributed by atoms with Crippen LogP contribution in [0, 0.1) is 0 Å². The molecule has 0 aliphatic rings. The van der Waals surface area contributed by atoms with E-state index in [-0.39, 0.29) is 26.2 Å². The van der Waals surface area contributed by atoms with Gasteiger partial charge in [0, 0.05) is 0 Å². The van der Waals surface area contributed by atoms with E-state index in [4.69, 9.17) is 0 Å². The van der Waals surface area contributed by atoms with Crippen LogP contribution in [-0.2, 0) is 32.6 Å². The summed E-state index contributed by atoms with van der Waals surface area (Å²) in [5.41, 5.74) is 4.05. The largest absolute Gasteiger partial charge is 3.00 e. The van der Waals surface area contributed by atoms with Crippen molar-refractivity contribution < 1.29 is 26.2 Å². The van der Waals surface area contributed by atoms with Gasteiger partial charge in [-0.25, -0.2) is 0 Å². The van der Waals surface area contributed by atoms with Crippen LogP contribution in [-0.4, -0.2) is 28.2 Å². The number of hydrogen-bond acceptors (Lipinski definition) is 0. The third kappa shape index (κ3) is 6.77. The normalized spacial score (nSPS) is 9.21. The first-order valence-corrected chi connectivity index (χ1v) is 7.91. The maximum Gasteiger partial charge on any atom is 3.00 e. The van der Waals surface area contributed by atoms with Crippen molar-refractivity contribution in [3.05, 3.63) is 76.9 Å². The van der Waals surface area contributed by atoms with Gasteiger partial charge < -0.3 is 10.6 Å². The fourth-order valence-corrected chi connectivity index (χ4v) is 2.37. The van der Waals surface area contributed by atoms with E-state index < -0.39 is 0 Å². The van der Waals surface area contributed by atoms with Crippen molar-refractivity contribution in [3.8, 4) is 11.1 Å². The molecule has 0 fully saturated rings. The molecular formula is C21H27N2Zr. The Morgan fingerprint density at radius 1 is 0.833 bits per heavy atom. The molecule has 0 saturated heterocycles. The zero-order valence-electron chi connectivity index (χ0n) is 15.4. The summed E-state index contributed by atoms with van der Waals surface area (Å²) in [4.78, 5) is 0. The second kappa shape index (κ2) is 13.2. The first-order chi connectivity index (χ1) is 11.2. The summed E-state index contributed by atoms with van der Waals surface area (Å²) in [6.07, 6.45) is 1.10. The maximum absolute atomic E-state index is 3.50. The quantitative estimate of drug-likeness (QED) is 0.472. The molecule has 1 radical (unpaired) electrons. The van der Waals surface area contributed by atoms with Crippen molar-refractivity contribution in [3.63, 3.8) is 0 Å². The monoisotopic (exact) mass is 397 g/mol. The minimum atomic E-state index is 0. The van der Waals surface area contributed by atoms with Gasteiger partial charge in [0.05, 0.1) is 0 Å². The molecule has 0 N–H and O–H groups in total. The molecule has 0 unspecified atom stereocenters. The molecule has 0 aliphatic heterocycles. The molecule has 0 heterocycles. The Bertz CT molecular complexity index is 673. The topological polar surface area (TPSA) is 28.2 Å². The number of hydrogen-bond donors (Lipinski definition) is 0. The average Bonchev–Trinajstić information content (AvgIpc) is 3.00. The van der Waals surface area contributed by atoms with Gasteiger partial charge in [-0.1, -0.05) is 48.9 Å². The molecule has 0 aromatic heterocycles. The van der Waals surface area contributed by atoms with Crippen molar-refractivity contribution in [2.75, 3.05) is 28.2 Å². The molecule has 3 rings (SSSR count). The van der Waals surface area contributed by atoms with Gasteiger partial charge in [0.25, 0.3) is 0 Å². The van der Waals surface area contributed by atoms with Crippen molar-refractivity contribution in [2.24, 2.45) is 0 Å². The van der Waals surface area contributed by atoms with Crippen LogP contribution in [0.1, 0.15) is 12.5 Å². The first-order valence-electron chi connectivity index (χ1n) is 7.91. The fraction of sp³-hybridized carbons (Fsp3) is 0.286. The van der Waals surface area contributed by atoms with Crippen LogP contribution < -0.4 is 0 Å². The van der Waals surface area contributed by atoms with Gasteiger partial charge in [0.2, 0.25) is 0 Å². The van der Waals surface area contributed by atoms with E-state index in [1.54, 1.807) is 28.2 Å². The smallest absolute Gasteiger partial charge is 0.668 e. The Balaban J connectivity index is 0.000000668. The number of benzene rings is 2. The van der Waals surface area contributed by atoms with E-state index in [2.05, 4.69) is 78.2 Å². The van der Waals surface area contributed by atoms with Crippen molar-refractivity contribution in [2.45, 2.75) is 13.3 Å². The van der Waals surface area contributed by atoms with Crippen LogP contribution in [0.4, 0.5) is 0 Å². The predicted molar refractivity (Wildman–Crippen MR) is 105 cm³/mol.